The van der Waals surface area contributed by atoms with E-state index >= 15 is 0 Å². The normalized spacial score (nSPS) is 18.0. The van der Waals surface area contributed by atoms with Crippen LogP contribution in [-0.2, 0) is 4.74 Å². The Balaban J connectivity index is 1.94. The van der Waals surface area contributed by atoms with Gasteiger partial charge in [-0.05, 0) is 43.5 Å². The van der Waals surface area contributed by atoms with E-state index in [1.54, 1.807) is 12.1 Å². The van der Waals surface area contributed by atoms with Gasteiger partial charge in [-0.15, -0.1) is 0 Å². The molecule has 1 unspecified atom stereocenters. The van der Waals surface area contributed by atoms with Gasteiger partial charge >= 0.3 is 0 Å². The highest BCUT2D eigenvalue weighted by molar-refractivity contribution is 5.32. The minimum absolute atomic E-state index is 0.241. The fourth-order valence-corrected chi connectivity index (χ4v) is 2.61. The van der Waals surface area contributed by atoms with E-state index in [2.05, 4.69) is 13.0 Å². The van der Waals surface area contributed by atoms with E-state index in [1.165, 1.54) is 19.3 Å². The van der Waals surface area contributed by atoms with E-state index in [4.69, 9.17) is 9.47 Å². The first-order valence-corrected chi connectivity index (χ1v) is 7.98. The average Bonchev–Trinajstić information content (AvgIpc) is 2.50. The Morgan fingerprint density at radius 1 is 1.29 bits per heavy atom. The van der Waals surface area contributed by atoms with Gasteiger partial charge in [-0.25, -0.2) is 4.39 Å². The maximum atomic E-state index is 13.9. The second kappa shape index (κ2) is 8.06. The van der Waals surface area contributed by atoms with Crippen molar-refractivity contribution in [2.75, 3.05) is 13.2 Å². The molecule has 2 rings (SSSR count). The monoisotopic (exact) mass is 292 g/mol. The van der Waals surface area contributed by atoms with Crippen LogP contribution in [0.3, 0.4) is 0 Å². The van der Waals surface area contributed by atoms with Crippen LogP contribution >= 0.6 is 0 Å². The van der Waals surface area contributed by atoms with Crippen molar-refractivity contribution in [2.45, 2.75) is 51.9 Å². The van der Waals surface area contributed by atoms with Crippen LogP contribution < -0.4 is 4.74 Å². The summed E-state index contributed by atoms with van der Waals surface area (Å²) < 4.78 is 24.9. The molecule has 0 saturated heterocycles. The lowest BCUT2D eigenvalue weighted by Crippen LogP contribution is -2.13. The number of hydrogen-bond acceptors (Lipinski definition) is 2. The number of hydrogen-bond donors (Lipinski definition) is 0. The van der Waals surface area contributed by atoms with Gasteiger partial charge in [-0.2, -0.15) is 0 Å². The summed E-state index contributed by atoms with van der Waals surface area (Å²) in [6.07, 6.45) is 7.77. The summed E-state index contributed by atoms with van der Waals surface area (Å²) in [5, 5.41) is 0. The Morgan fingerprint density at radius 2 is 2.14 bits per heavy atom. The van der Waals surface area contributed by atoms with Gasteiger partial charge in [0.1, 0.15) is 0 Å². The third-order valence-corrected chi connectivity index (χ3v) is 3.85. The molecule has 0 aromatic heterocycles. The Morgan fingerprint density at radius 3 is 2.76 bits per heavy atom. The summed E-state index contributed by atoms with van der Waals surface area (Å²) in [5.41, 5.74) is 0.986. The molecule has 3 heteroatoms. The van der Waals surface area contributed by atoms with E-state index in [0.717, 1.165) is 24.2 Å². The largest absolute Gasteiger partial charge is 0.498 e. The fraction of sp³-hybridized carbons (Fsp3) is 0.556. The first kappa shape index (κ1) is 15.9. The van der Waals surface area contributed by atoms with Crippen LogP contribution in [0, 0.1) is 5.82 Å². The van der Waals surface area contributed by atoms with Gasteiger partial charge in [0, 0.05) is 12.3 Å². The van der Waals surface area contributed by atoms with E-state index in [-0.39, 0.29) is 11.7 Å². The molecule has 0 fully saturated rings. The maximum absolute atomic E-state index is 13.9. The van der Waals surface area contributed by atoms with Crippen LogP contribution in [0.5, 0.6) is 5.75 Å². The molecule has 1 aliphatic rings. The molecule has 1 aromatic carbocycles. The molecular formula is C18H25FO2. The minimum Gasteiger partial charge on any atom is -0.498 e. The Bertz CT molecular complexity index is 482. The van der Waals surface area contributed by atoms with Crippen molar-refractivity contribution in [1.82, 2.24) is 0 Å². The van der Waals surface area contributed by atoms with Crippen LogP contribution in [0.2, 0.25) is 0 Å². The highest BCUT2D eigenvalue weighted by Crippen LogP contribution is 2.30. The molecule has 2 nitrogen and oxygen atoms in total. The summed E-state index contributed by atoms with van der Waals surface area (Å²) in [6.45, 7) is 5.18. The summed E-state index contributed by atoms with van der Waals surface area (Å²) in [4.78, 5) is 0. The van der Waals surface area contributed by atoms with Crippen molar-refractivity contribution < 1.29 is 13.9 Å². The number of ether oxygens (including phenoxy) is 2. The lowest BCUT2D eigenvalue weighted by molar-refractivity contribution is 0.165. The van der Waals surface area contributed by atoms with Gasteiger partial charge in [0.25, 0.3) is 0 Å². The summed E-state index contributed by atoms with van der Waals surface area (Å²) >= 11 is 0. The molecule has 0 saturated carbocycles. The third kappa shape index (κ3) is 4.48. The van der Waals surface area contributed by atoms with Crippen molar-refractivity contribution in [3.8, 4) is 5.75 Å². The fourth-order valence-electron chi connectivity index (χ4n) is 2.61. The number of rotatable bonds is 7. The highest BCUT2D eigenvalue weighted by atomic mass is 19.1. The van der Waals surface area contributed by atoms with Gasteiger partial charge in [0.2, 0.25) is 0 Å². The average molecular weight is 292 g/mol. The van der Waals surface area contributed by atoms with Crippen LogP contribution in [0.25, 0.3) is 0 Å². The van der Waals surface area contributed by atoms with Crippen molar-refractivity contribution in [2.24, 2.45) is 0 Å². The molecule has 1 atom stereocenters. The van der Waals surface area contributed by atoms with Crippen molar-refractivity contribution in [3.63, 3.8) is 0 Å². The van der Waals surface area contributed by atoms with Gasteiger partial charge in [-0.1, -0.05) is 25.8 Å². The lowest BCUT2D eigenvalue weighted by Gasteiger charge is -2.24. The Hall–Kier alpha value is -1.51. The molecule has 21 heavy (non-hydrogen) atoms. The lowest BCUT2D eigenvalue weighted by atomic mass is 9.94. The number of unbranched alkanes of at least 4 members (excludes halogenated alkanes) is 2. The first-order chi connectivity index (χ1) is 10.2. The van der Waals surface area contributed by atoms with Crippen molar-refractivity contribution in [3.05, 3.63) is 41.4 Å². The van der Waals surface area contributed by atoms with Gasteiger partial charge in [0.15, 0.2) is 11.6 Å². The van der Waals surface area contributed by atoms with Gasteiger partial charge in [-0.3, -0.25) is 0 Å². The van der Waals surface area contributed by atoms with Crippen LogP contribution in [0.4, 0.5) is 4.39 Å². The molecule has 1 heterocycles. The number of benzene rings is 1. The second-order valence-electron chi connectivity index (χ2n) is 5.49. The van der Waals surface area contributed by atoms with E-state index in [1.807, 2.05) is 13.0 Å². The van der Waals surface area contributed by atoms with Gasteiger partial charge in [0.05, 0.1) is 19.0 Å². The second-order valence-corrected chi connectivity index (χ2v) is 5.49. The molecule has 116 valence electrons. The molecule has 0 bridgehead atoms. The van der Waals surface area contributed by atoms with Crippen molar-refractivity contribution >= 4 is 0 Å². The zero-order chi connectivity index (χ0) is 15.1. The molecule has 1 aliphatic heterocycles. The predicted octanol–water partition coefficient (Wildman–Crippen LogP) is 5.19. The SMILES string of the molecule is CCCCCC1=CCC(c2ccc(OCC)c(F)c2)CO1. The van der Waals surface area contributed by atoms with E-state index in [9.17, 15) is 4.39 Å². The highest BCUT2D eigenvalue weighted by Gasteiger charge is 2.18. The number of allylic oxidation sites excluding steroid dienone is 2. The molecule has 0 radical (unpaired) electrons. The molecule has 0 aliphatic carbocycles. The standard InChI is InChI=1S/C18H25FO2/c1-3-5-6-7-16-10-8-15(13-21-16)14-9-11-18(20-4-2)17(19)12-14/h9-12,15H,3-8,13H2,1-2H3. The third-order valence-electron chi connectivity index (χ3n) is 3.85. The quantitative estimate of drug-likeness (QED) is 0.644. The minimum atomic E-state index is -0.285. The maximum Gasteiger partial charge on any atom is 0.165 e. The summed E-state index contributed by atoms with van der Waals surface area (Å²) in [7, 11) is 0. The topological polar surface area (TPSA) is 18.5 Å². The predicted molar refractivity (Wildman–Crippen MR) is 83.1 cm³/mol. The van der Waals surface area contributed by atoms with E-state index < -0.39 is 0 Å². The van der Waals surface area contributed by atoms with E-state index in [0.29, 0.717) is 19.0 Å². The Labute approximate surface area is 127 Å². The molecule has 0 amide bonds. The molecule has 0 N–H and O–H groups in total. The molecule has 0 spiro atoms. The number of halogens is 1. The molecule has 1 aromatic rings. The van der Waals surface area contributed by atoms with Crippen LogP contribution in [0.1, 0.15) is 57.4 Å². The first-order valence-electron chi connectivity index (χ1n) is 7.98. The van der Waals surface area contributed by atoms with Crippen LogP contribution in [-0.4, -0.2) is 13.2 Å². The van der Waals surface area contributed by atoms with Crippen LogP contribution in [0.15, 0.2) is 30.0 Å². The summed E-state index contributed by atoms with van der Waals surface area (Å²) in [5.74, 6) is 1.39. The van der Waals surface area contributed by atoms with Crippen molar-refractivity contribution in [1.29, 1.82) is 0 Å². The van der Waals surface area contributed by atoms with Gasteiger partial charge < -0.3 is 9.47 Å². The summed E-state index contributed by atoms with van der Waals surface area (Å²) in [6, 6.07) is 5.24. The zero-order valence-electron chi connectivity index (χ0n) is 13.0. The zero-order valence-corrected chi connectivity index (χ0v) is 13.0. The smallest absolute Gasteiger partial charge is 0.165 e. The molecular weight excluding hydrogens is 267 g/mol. The Kier molecular flexibility index (Phi) is 6.09.